The minimum absolute atomic E-state index is 0.0379. The van der Waals surface area contributed by atoms with Gasteiger partial charge in [0, 0.05) is 31.5 Å². The number of rotatable bonds is 1. The van der Waals surface area contributed by atoms with Gasteiger partial charge < -0.3 is 10.1 Å². The predicted octanol–water partition coefficient (Wildman–Crippen LogP) is 2.57. The van der Waals surface area contributed by atoms with Crippen LogP contribution in [0.15, 0.2) is 24.3 Å². The Morgan fingerprint density at radius 3 is 2.85 bits per heavy atom. The van der Waals surface area contributed by atoms with Crippen molar-refractivity contribution in [2.24, 2.45) is 5.92 Å². The van der Waals surface area contributed by atoms with Crippen molar-refractivity contribution in [3.63, 3.8) is 0 Å². The van der Waals surface area contributed by atoms with Crippen LogP contribution in [0, 0.1) is 5.92 Å². The monoisotopic (exact) mass is 274 g/mol. The smallest absolute Gasteiger partial charge is 0.322 e. The first kappa shape index (κ1) is 13.4. The van der Waals surface area contributed by atoms with Gasteiger partial charge in [-0.05, 0) is 36.8 Å². The molecule has 1 fully saturated rings. The fourth-order valence-electron chi connectivity index (χ4n) is 3.08. The van der Waals surface area contributed by atoms with Crippen molar-refractivity contribution in [3.8, 4) is 0 Å². The SMILES string of the molecule is CC1Cc2ccccc2N(C(=O)NC2CCOCC2)C1. The molecule has 20 heavy (non-hydrogen) atoms. The maximum absolute atomic E-state index is 12.5. The van der Waals surface area contributed by atoms with Crippen LogP contribution in [0.1, 0.15) is 25.3 Å². The Morgan fingerprint density at radius 2 is 2.05 bits per heavy atom. The zero-order valence-electron chi connectivity index (χ0n) is 12.0. The van der Waals surface area contributed by atoms with Crippen LogP contribution in [0.3, 0.4) is 0 Å². The summed E-state index contributed by atoms with van der Waals surface area (Å²) in [6.45, 7) is 4.49. The number of para-hydroxylation sites is 1. The molecule has 0 bridgehead atoms. The summed E-state index contributed by atoms with van der Waals surface area (Å²) in [6, 6.07) is 8.51. The van der Waals surface area contributed by atoms with Gasteiger partial charge in [0.1, 0.15) is 0 Å². The maximum Gasteiger partial charge on any atom is 0.322 e. The van der Waals surface area contributed by atoms with Crippen LogP contribution < -0.4 is 10.2 Å². The summed E-state index contributed by atoms with van der Waals surface area (Å²) >= 11 is 0. The van der Waals surface area contributed by atoms with Crippen LogP contribution in [0.5, 0.6) is 0 Å². The summed E-state index contributed by atoms with van der Waals surface area (Å²) in [5, 5.41) is 3.16. The molecule has 0 aliphatic carbocycles. The molecule has 1 aromatic carbocycles. The van der Waals surface area contributed by atoms with E-state index in [4.69, 9.17) is 4.74 Å². The van der Waals surface area contributed by atoms with Gasteiger partial charge >= 0.3 is 6.03 Å². The first-order chi connectivity index (χ1) is 9.74. The number of ether oxygens (including phenoxy) is 1. The van der Waals surface area contributed by atoms with Crippen molar-refractivity contribution in [1.82, 2.24) is 5.32 Å². The molecular weight excluding hydrogens is 252 g/mol. The van der Waals surface area contributed by atoms with Gasteiger partial charge in [-0.2, -0.15) is 0 Å². The molecule has 2 amide bonds. The summed E-state index contributed by atoms with van der Waals surface area (Å²) < 4.78 is 5.34. The lowest BCUT2D eigenvalue weighted by Gasteiger charge is -2.34. The summed E-state index contributed by atoms with van der Waals surface area (Å²) in [4.78, 5) is 14.5. The maximum atomic E-state index is 12.5. The molecule has 2 aliphatic rings. The third kappa shape index (κ3) is 2.80. The van der Waals surface area contributed by atoms with Gasteiger partial charge in [-0.3, -0.25) is 4.90 Å². The standard InChI is InChI=1S/C16H22N2O2/c1-12-10-13-4-2-3-5-15(13)18(11-12)16(19)17-14-6-8-20-9-7-14/h2-5,12,14H,6-11H2,1H3,(H,17,19). The van der Waals surface area contributed by atoms with Crippen molar-refractivity contribution in [1.29, 1.82) is 0 Å². The molecule has 4 nitrogen and oxygen atoms in total. The number of fused-ring (bicyclic) bond motifs is 1. The molecule has 2 heterocycles. The number of carbonyl (C=O) groups excluding carboxylic acids is 1. The van der Waals surface area contributed by atoms with Crippen LogP contribution in [0.25, 0.3) is 0 Å². The molecule has 1 atom stereocenters. The van der Waals surface area contributed by atoms with Crippen LogP contribution in [0.4, 0.5) is 10.5 Å². The number of hydrogen-bond donors (Lipinski definition) is 1. The minimum atomic E-state index is 0.0379. The summed E-state index contributed by atoms with van der Waals surface area (Å²) in [5.74, 6) is 0.505. The molecule has 0 aromatic heterocycles. The van der Waals surface area contributed by atoms with Crippen LogP contribution >= 0.6 is 0 Å². The number of amides is 2. The Bertz CT molecular complexity index is 483. The van der Waals surface area contributed by atoms with E-state index >= 15 is 0 Å². The highest BCUT2D eigenvalue weighted by Gasteiger charge is 2.27. The average Bonchev–Trinajstić information content (AvgIpc) is 2.47. The number of nitrogens with one attached hydrogen (secondary N) is 1. The summed E-state index contributed by atoms with van der Waals surface area (Å²) in [7, 11) is 0. The second-order valence-electron chi connectivity index (χ2n) is 5.88. The molecule has 0 radical (unpaired) electrons. The Kier molecular flexibility index (Phi) is 3.92. The number of anilines is 1. The zero-order chi connectivity index (χ0) is 13.9. The molecular formula is C16H22N2O2. The van der Waals surface area contributed by atoms with E-state index in [1.807, 2.05) is 23.1 Å². The van der Waals surface area contributed by atoms with Gasteiger partial charge in [-0.15, -0.1) is 0 Å². The molecule has 0 saturated carbocycles. The molecule has 1 saturated heterocycles. The highest BCUT2D eigenvalue weighted by Crippen LogP contribution is 2.29. The normalized spacial score (nSPS) is 23.2. The molecule has 108 valence electrons. The van der Waals surface area contributed by atoms with Gasteiger partial charge in [0.05, 0.1) is 0 Å². The van der Waals surface area contributed by atoms with E-state index in [2.05, 4.69) is 18.3 Å². The number of carbonyl (C=O) groups is 1. The Hall–Kier alpha value is -1.55. The second kappa shape index (κ2) is 5.83. The number of hydrogen-bond acceptors (Lipinski definition) is 2. The fourth-order valence-corrected chi connectivity index (χ4v) is 3.08. The van der Waals surface area contributed by atoms with E-state index in [0.29, 0.717) is 5.92 Å². The summed E-state index contributed by atoms with van der Waals surface area (Å²) in [5.41, 5.74) is 2.34. The highest BCUT2D eigenvalue weighted by atomic mass is 16.5. The van der Waals surface area contributed by atoms with Gasteiger partial charge in [-0.1, -0.05) is 25.1 Å². The second-order valence-corrected chi connectivity index (χ2v) is 5.88. The Labute approximate surface area is 120 Å². The van der Waals surface area contributed by atoms with Crippen molar-refractivity contribution in [2.45, 2.75) is 32.2 Å². The molecule has 1 unspecified atom stereocenters. The number of urea groups is 1. The number of nitrogens with zero attached hydrogens (tertiary/aromatic N) is 1. The quantitative estimate of drug-likeness (QED) is 0.855. The van der Waals surface area contributed by atoms with E-state index in [1.165, 1.54) is 5.56 Å². The van der Waals surface area contributed by atoms with E-state index in [1.54, 1.807) is 0 Å². The van der Waals surface area contributed by atoms with Crippen molar-refractivity contribution in [2.75, 3.05) is 24.7 Å². The van der Waals surface area contributed by atoms with Gasteiger partial charge in [0.15, 0.2) is 0 Å². The molecule has 3 rings (SSSR count). The lowest BCUT2D eigenvalue weighted by molar-refractivity contribution is 0.0803. The largest absolute Gasteiger partial charge is 0.381 e. The van der Waals surface area contributed by atoms with E-state index < -0.39 is 0 Å². The first-order valence-electron chi connectivity index (χ1n) is 7.47. The first-order valence-corrected chi connectivity index (χ1v) is 7.47. The van der Waals surface area contributed by atoms with Crippen LogP contribution in [0.2, 0.25) is 0 Å². The third-order valence-corrected chi connectivity index (χ3v) is 4.14. The highest BCUT2D eigenvalue weighted by molar-refractivity contribution is 5.93. The predicted molar refractivity (Wildman–Crippen MR) is 79.0 cm³/mol. The van der Waals surface area contributed by atoms with Crippen LogP contribution in [-0.4, -0.2) is 31.8 Å². The zero-order valence-corrected chi connectivity index (χ0v) is 12.0. The van der Waals surface area contributed by atoms with E-state index in [0.717, 1.165) is 44.7 Å². The van der Waals surface area contributed by atoms with Crippen molar-refractivity contribution >= 4 is 11.7 Å². The molecule has 1 aromatic rings. The van der Waals surface area contributed by atoms with Gasteiger partial charge in [-0.25, -0.2) is 4.79 Å². The Morgan fingerprint density at radius 1 is 1.30 bits per heavy atom. The van der Waals surface area contributed by atoms with Crippen molar-refractivity contribution in [3.05, 3.63) is 29.8 Å². The van der Waals surface area contributed by atoms with E-state index in [-0.39, 0.29) is 12.1 Å². The molecule has 0 spiro atoms. The average molecular weight is 274 g/mol. The third-order valence-electron chi connectivity index (χ3n) is 4.14. The van der Waals surface area contributed by atoms with E-state index in [9.17, 15) is 4.79 Å². The molecule has 4 heteroatoms. The lowest BCUT2D eigenvalue weighted by Crippen LogP contribution is -2.49. The Balaban J connectivity index is 1.74. The van der Waals surface area contributed by atoms with Gasteiger partial charge in [0.25, 0.3) is 0 Å². The van der Waals surface area contributed by atoms with Crippen LogP contribution in [-0.2, 0) is 11.2 Å². The summed E-state index contributed by atoms with van der Waals surface area (Å²) in [6.07, 6.45) is 2.88. The topological polar surface area (TPSA) is 41.6 Å². The van der Waals surface area contributed by atoms with Crippen molar-refractivity contribution < 1.29 is 9.53 Å². The molecule has 1 N–H and O–H groups in total. The number of benzene rings is 1. The minimum Gasteiger partial charge on any atom is -0.381 e. The molecule has 2 aliphatic heterocycles. The van der Waals surface area contributed by atoms with Gasteiger partial charge in [0.2, 0.25) is 0 Å². The lowest BCUT2D eigenvalue weighted by atomic mass is 9.94. The fraction of sp³-hybridized carbons (Fsp3) is 0.562.